The number of nitrogens with two attached hydrogens (primary N) is 1. The van der Waals surface area contributed by atoms with Crippen molar-refractivity contribution in [1.29, 1.82) is 0 Å². The number of anilines is 2. The van der Waals surface area contributed by atoms with Gasteiger partial charge >= 0.3 is 0 Å². The molecule has 1 aromatic carbocycles. The molecule has 0 saturated carbocycles. The summed E-state index contributed by atoms with van der Waals surface area (Å²) in [5, 5.41) is 0. The summed E-state index contributed by atoms with van der Waals surface area (Å²) >= 11 is 3.59. The molecule has 2 N–H and O–H groups in total. The summed E-state index contributed by atoms with van der Waals surface area (Å²) in [4.78, 5) is 2.36. The Kier molecular flexibility index (Phi) is 3.82. The molecule has 0 spiro atoms. The summed E-state index contributed by atoms with van der Waals surface area (Å²) in [6, 6.07) is 3.86. The fraction of sp³-hybridized carbons (Fsp3) is 0.538. The van der Waals surface area contributed by atoms with Gasteiger partial charge in [-0.05, 0) is 40.8 Å². The van der Waals surface area contributed by atoms with Crippen molar-refractivity contribution in [2.75, 3.05) is 30.8 Å². The number of piperidine rings is 1. The highest BCUT2D eigenvalue weighted by molar-refractivity contribution is 9.10. The van der Waals surface area contributed by atoms with Gasteiger partial charge in [-0.2, -0.15) is 0 Å². The van der Waals surface area contributed by atoms with E-state index in [1.807, 2.05) is 12.1 Å². The van der Waals surface area contributed by atoms with E-state index in [0.717, 1.165) is 40.6 Å². The molecule has 94 valence electrons. The van der Waals surface area contributed by atoms with Crippen LogP contribution in [0.4, 0.5) is 11.4 Å². The van der Waals surface area contributed by atoms with Crippen molar-refractivity contribution in [2.24, 2.45) is 5.92 Å². The summed E-state index contributed by atoms with van der Waals surface area (Å²) in [6.45, 7) is 4.47. The van der Waals surface area contributed by atoms with E-state index < -0.39 is 0 Å². The molecule has 0 unspecified atom stereocenters. The van der Waals surface area contributed by atoms with Gasteiger partial charge in [0, 0.05) is 23.6 Å². The van der Waals surface area contributed by atoms with Crippen LogP contribution in [0.5, 0.6) is 5.75 Å². The minimum atomic E-state index is 0.783. The highest BCUT2D eigenvalue weighted by Gasteiger charge is 2.20. The minimum absolute atomic E-state index is 0.783. The van der Waals surface area contributed by atoms with Crippen molar-refractivity contribution >= 4 is 27.3 Å². The molecule has 1 saturated heterocycles. The molecule has 0 atom stereocenters. The number of nitrogen functional groups attached to an aromatic ring is 1. The van der Waals surface area contributed by atoms with Crippen LogP contribution in [0.3, 0.4) is 0 Å². The third-order valence-electron chi connectivity index (χ3n) is 3.40. The first-order chi connectivity index (χ1) is 8.11. The first-order valence-corrected chi connectivity index (χ1v) is 6.79. The molecule has 2 rings (SSSR count). The lowest BCUT2D eigenvalue weighted by Crippen LogP contribution is -2.33. The monoisotopic (exact) mass is 298 g/mol. The maximum absolute atomic E-state index is 6.11. The van der Waals surface area contributed by atoms with E-state index in [0.29, 0.717) is 0 Å². The summed E-state index contributed by atoms with van der Waals surface area (Å²) in [6.07, 6.45) is 2.47. The lowest BCUT2D eigenvalue weighted by Gasteiger charge is -2.33. The predicted octanol–water partition coefficient (Wildman–Crippen LogP) is 3.28. The Morgan fingerprint density at radius 1 is 1.35 bits per heavy atom. The molecule has 1 heterocycles. The molecule has 0 amide bonds. The van der Waals surface area contributed by atoms with Crippen LogP contribution in [-0.4, -0.2) is 20.2 Å². The fourth-order valence-electron chi connectivity index (χ4n) is 2.28. The zero-order chi connectivity index (χ0) is 12.4. The van der Waals surface area contributed by atoms with E-state index in [-0.39, 0.29) is 0 Å². The SMILES string of the molecule is COc1cc(N)c(N2CCC(C)CC2)c(Br)c1. The van der Waals surface area contributed by atoms with Gasteiger partial charge in [-0.3, -0.25) is 0 Å². The van der Waals surface area contributed by atoms with Crippen LogP contribution in [0.2, 0.25) is 0 Å². The van der Waals surface area contributed by atoms with Crippen LogP contribution < -0.4 is 15.4 Å². The van der Waals surface area contributed by atoms with Crippen molar-refractivity contribution in [2.45, 2.75) is 19.8 Å². The molecule has 1 aromatic rings. The number of rotatable bonds is 2. The Labute approximate surface area is 111 Å². The number of halogens is 1. The van der Waals surface area contributed by atoms with Crippen LogP contribution in [0.15, 0.2) is 16.6 Å². The molecule has 0 bridgehead atoms. The van der Waals surface area contributed by atoms with Gasteiger partial charge in [-0.15, -0.1) is 0 Å². The molecule has 0 aromatic heterocycles. The number of methoxy groups -OCH3 is 1. The summed E-state index contributed by atoms with van der Waals surface area (Å²) < 4.78 is 6.22. The second-order valence-corrected chi connectivity index (χ2v) is 5.57. The first kappa shape index (κ1) is 12.6. The Balaban J connectivity index is 2.26. The quantitative estimate of drug-likeness (QED) is 0.852. The standard InChI is InChI=1S/C13H19BrN2O/c1-9-3-5-16(6-4-9)13-11(14)7-10(17-2)8-12(13)15/h7-9H,3-6,15H2,1-2H3. The van der Waals surface area contributed by atoms with E-state index in [4.69, 9.17) is 10.5 Å². The van der Waals surface area contributed by atoms with Gasteiger partial charge in [0.25, 0.3) is 0 Å². The van der Waals surface area contributed by atoms with Gasteiger partial charge in [-0.25, -0.2) is 0 Å². The first-order valence-electron chi connectivity index (χ1n) is 5.99. The average Bonchev–Trinajstić information content (AvgIpc) is 2.30. The number of hydrogen-bond acceptors (Lipinski definition) is 3. The van der Waals surface area contributed by atoms with Gasteiger partial charge in [0.15, 0.2) is 0 Å². The van der Waals surface area contributed by atoms with Crippen LogP contribution >= 0.6 is 15.9 Å². The van der Waals surface area contributed by atoms with E-state index in [9.17, 15) is 0 Å². The van der Waals surface area contributed by atoms with Crippen LogP contribution in [0.25, 0.3) is 0 Å². The summed E-state index contributed by atoms with van der Waals surface area (Å²) in [5.74, 6) is 1.62. The molecule has 1 fully saturated rings. The lowest BCUT2D eigenvalue weighted by atomic mass is 9.98. The third kappa shape index (κ3) is 2.68. The fourth-order valence-corrected chi connectivity index (χ4v) is 2.98. The molecule has 1 aliphatic heterocycles. The lowest BCUT2D eigenvalue weighted by molar-refractivity contribution is 0.414. The molecule has 3 nitrogen and oxygen atoms in total. The van der Waals surface area contributed by atoms with Crippen LogP contribution in [0.1, 0.15) is 19.8 Å². The van der Waals surface area contributed by atoms with Crippen molar-refractivity contribution in [1.82, 2.24) is 0 Å². The second kappa shape index (κ2) is 5.17. The number of ether oxygens (including phenoxy) is 1. The van der Waals surface area contributed by atoms with Crippen molar-refractivity contribution in [3.8, 4) is 5.75 Å². The number of nitrogens with zero attached hydrogens (tertiary/aromatic N) is 1. The van der Waals surface area contributed by atoms with Crippen LogP contribution in [-0.2, 0) is 0 Å². The summed E-state index contributed by atoms with van der Waals surface area (Å²) in [7, 11) is 1.66. The third-order valence-corrected chi connectivity index (χ3v) is 4.01. The van der Waals surface area contributed by atoms with E-state index in [1.165, 1.54) is 12.8 Å². The predicted molar refractivity (Wildman–Crippen MR) is 75.7 cm³/mol. The maximum atomic E-state index is 6.11. The Hall–Kier alpha value is -0.900. The van der Waals surface area contributed by atoms with Gasteiger partial charge < -0.3 is 15.4 Å². The van der Waals surface area contributed by atoms with E-state index in [1.54, 1.807) is 7.11 Å². The van der Waals surface area contributed by atoms with Crippen molar-refractivity contribution < 1.29 is 4.74 Å². The Morgan fingerprint density at radius 2 is 2.00 bits per heavy atom. The van der Waals surface area contributed by atoms with E-state index in [2.05, 4.69) is 27.8 Å². The van der Waals surface area contributed by atoms with Crippen molar-refractivity contribution in [3.63, 3.8) is 0 Å². The summed E-state index contributed by atoms with van der Waals surface area (Å²) in [5.41, 5.74) is 8.00. The Bertz CT molecular complexity index is 377. The second-order valence-electron chi connectivity index (χ2n) is 4.72. The normalized spacial score (nSPS) is 17.2. The smallest absolute Gasteiger partial charge is 0.122 e. The Morgan fingerprint density at radius 3 is 2.53 bits per heavy atom. The average molecular weight is 299 g/mol. The zero-order valence-electron chi connectivity index (χ0n) is 10.4. The molecule has 17 heavy (non-hydrogen) atoms. The molecular formula is C13H19BrN2O. The highest BCUT2D eigenvalue weighted by Crippen LogP contribution is 2.38. The molecule has 0 aliphatic carbocycles. The molecule has 4 heteroatoms. The van der Waals surface area contributed by atoms with Gasteiger partial charge in [0.05, 0.1) is 18.5 Å². The zero-order valence-corrected chi connectivity index (χ0v) is 12.0. The van der Waals surface area contributed by atoms with Gasteiger partial charge in [0.2, 0.25) is 0 Å². The van der Waals surface area contributed by atoms with E-state index >= 15 is 0 Å². The topological polar surface area (TPSA) is 38.5 Å². The molecule has 1 aliphatic rings. The number of hydrogen-bond donors (Lipinski definition) is 1. The minimum Gasteiger partial charge on any atom is -0.497 e. The van der Waals surface area contributed by atoms with Gasteiger partial charge in [-0.1, -0.05) is 6.92 Å². The molecule has 0 radical (unpaired) electrons. The van der Waals surface area contributed by atoms with Crippen LogP contribution in [0, 0.1) is 5.92 Å². The van der Waals surface area contributed by atoms with Crippen molar-refractivity contribution in [3.05, 3.63) is 16.6 Å². The van der Waals surface area contributed by atoms with Gasteiger partial charge in [0.1, 0.15) is 5.75 Å². The highest BCUT2D eigenvalue weighted by atomic mass is 79.9. The largest absolute Gasteiger partial charge is 0.497 e. The molecular weight excluding hydrogens is 280 g/mol. The number of benzene rings is 1. The maximum Gasteiger partial charge on any atom is 0.122 e.